The third kappa shape index (κ3) is 1.95. The van der Waals surface area contributed by atoms with Crippen molar-refractivity contribution in [2.24, 2.45) is 7.05 Å². The zero-order valence-corrected chi connectivity index (χ0v) is 10.5. The summed E-state index contributed by atoms with van der Waals surface area (Å²) in [6.07, 6.45) is 2.47. The van der Waals surface area contributed by atoms with Crippen LogP contribution >= 0.6 is 0 Å². The fourth-order valence-electron chi connectivity index (χ4n) is 2.11. The standard InChI is InChI=1S/C12H15N5O/c1-8-5-11(17(2)16-8)18-12-9-6-13-4-3-10(9)14-7-15-12/h5,7,13H,3-4,6H2,1-2H3. The van der Waals surface area contributed by atoms with E-state index in [0.29, 0.717) is 11.8 Å². The largest absolute Gasteiger partial charge is 0.420 e. The first kappa shape index (κ1) is 11.2. The number of aromatic nitrogens is 4. The molecule has 0 radical (unpaired) electrons. The van der Waals surface area contributed by atoms with E-state index >= 15 is 0 Å². The molecule has 0 amide bonds. The van der Waals surface area contributed by atoms with Gasteiger partial charge in [0.1, 0.15) is 6.33 Å². The average Bonchev–Trinajstić information content (AvgIpc) is 2.68. The summed E-state index contributed by atoms with van der Waals surface area (Å²) in [6.45, 7) is 3.64. The highest BCUT2D eigenvalue weighted by Crippen LogP contribution is 2.26. The monoisotopic (exact) mass is 245 g/mol. The van der Waals surface area contributed by atoms with E-state index in [-0.39, 0.29) is 0 Å². The van der Waals surface area contributed by atoms with Crippen molar-refractivity contribution in [3.05, 3.63) is 29.3 Å². The lowest BCUT2D eigenvalue weighted by Gasteiger charge is -2.17. The van der Waals surface area contributed by atoms with Crippen molar-refractivity contribution in [1.29, 1.82) is 0 Å². The van der Waals surface area contributed by atoms with Crippen LogP contribution in [0.5, 0.6) is 11.8 Å². The van der Waals surface area contributed by atoms with Crippen molar-refractivity contribution in [2.45, 2.75) is 19.9 Å². The second-order valence-electron chi connectivity index (χ2n) is 4.38. The molecule has 1 N–H and O–H groups in total. The van der Waals surface area contributed by atoms with Crippen LogP contribution in [0.4, 0.5) is 0 Å². The molecule has 0 aromatic carbocycles. The zero-order valence-electron chi connectivity index (χ0n) is 10.5. The smallest absolute Gasteiger partial charge is 0.229 e. The maximum absolute atomic E-state index is 5.84. The molecule has 3 rings (SSSR count). The Balaban J connectivity index is 1.95. The Bertz CT molecular complexity index is 578. The van der Waals surface area contributed by atoms with Gasteiger partial charge in [0.05, 0.1) is 17.0 Å². The van der Waals surface area contributed by atoms with Gasteiger partial charge in [-0.1, -0.05) is 0 Å². The molecule has 0 saturated carbocycles. The number of fused-ring (bicyclic) bond motifs is 1. The van der Waals surface area contributed by atoms with Gasteiger partial charge in [-0.15, -0.1) is 0 Å². The van der Waals surface area contributed by atoms with Gasteiger partial charge in [0.15, 0.2) is 0 Å². The summed E-state index contributed by atoms with van der Waals surface area (Å²) in [5.74, 6) is 1.31. The van der Waals surface area contributed by atoms with Crippen LogP contribution < -0.4 is 10.1 Å². The van der Waals surface area contributed by atoms with E-state index in [2.05, 4.69) is 20.4 Å². The number of hydrogen-bond donors (Lipinski definition) is 1. The Hall–Kier alpha value is -1.95. The second-order valence-corrected chi connectivity index (χ2v) is 4.38. The van der Waals surface area contributed by atoms with Gasteiger partial charge >= 0.3 is 0 Å². The molecule has 0 fully saturated rings. The van der Waals surface area contributed by atoms with Crippen LogP contribution in [0.25, 0.3) is 0 Å². The first-order valence-electron chi connectivity index (χ1n) is 5.96. The third-order valence-corrected chi connectivity index (χ3v) is 3.00. The lowest BCUT2D eigenvalue weighted by molar-refractivity contribution is 0.403. The molecule has 1 aliphatic heterocycles. The summed E-state index contributed by atoms with van der Waals surface area (Å²) in [6, 6.07) is 1.89. The quantitative estimate of drug-likeness (QED) is 0.853. The van der Waals surface area contributed by atoms with Crippen molar-refractivity contribution in [3.8, 4) is 11.8 Å². The van der Waals surface area contributed by atoms with Crippen LogP contribution in [-0.4, -0.2) is 26.3 Å². The lowest BCUT2D eigenvalue weighted by Crippen LogP contribution is -2.25. The molecule has 3 heterocycles. The number of rotatable bonds is 2. The van der Waals surface area contributed by atoms with E-state index in [1.54, 1.807) is 11.0 Å². The van der Waals surface area contributed by atoms with Crippen molar-refractivity contribution < 1.29 is 4.74 Å². The topological polar surface area (TPSA) is 64.9 Å². The predicted octanol–water partition coefficient (Wildman–Crippen LogP) is 0.957. The van der Waals surface area contributed by atoms with Gasteiger partial charge in [-0.05, 0) is 6.92 Å². The molecule has 0 aliphatic carbocycles. The maximum Gasteiger partial charge on any atom is 0.229 e. The number of hydrogen-bond acceptors (Lipinski definition) is 5. The van der Waals surface area contributed by atoms with Crippen molar-refractivity contribution >= 4 is 0 Å². The van der Waals surface area contributed by atoms with Crippen molar-refractivity contribution in [3.63, 3.8) is 0 Å². The van der Waals surface area contributed by atoms with Crippen molar-refractivity contribution in [1.82, 2.24) is 25.1 Å². The molecule has 0 unspecified atom stereocenters. The normalized spacial score (nSPS) is 14.3. The molecule has 94 valence electrons. The fraction of sp³-hybridized carbons (Fsp3) is 0.417. The second kappa shape index (κ2) is 4.38. The SMILES string of the molecule is Cc1cc(Oc2ncnc3c2CNCC3)n(C)n1. The van der Waals surface area contributed by atoms with Gasteiger partial charge in [0.25, 0.3) is 0 Å². The number of aryl methyl sites for hydroxylation is 2. The summed E-state index contributed by atoms with van der Waals surface area (Å²) >= 11 is 0. The van der Waals surface area contributed by atoms with Crippen LogP contribution in [0.1, 0.15) is 17.0 Å². The lowest BCUT2D eigenvalue weighted by atomic mass is 10.1. The van der Waals surface area contributed by atoms with Gasteiger partial charge in [0.2, 0.25) is 11.8 Å². The van der Waals surface area contributed by atoms with E-state index < -0.39 is 0 Å². The number of nitrogens with zero attached hydrogens (tertiary/aromatic N) is 4. The average molecular weight is 245 g/mol. The summed E-state index contributed by atoms with van der Waals surface area (Å²) in [7, 11) is 1.86. The summed E-state index contributed by atoms with van der Waals surface area (Å²) in [4.78, 5) is 8.52. The highest BCUT2D eigenvalue weighted by atomic mass is 16.5. The van der Waals surface area contributed by atoms with E-state index in [1.807, 2.05) is 20.0 Å². The van der Waals surface area contributed by atoms with Crippen LogP contribution in [0, 0.1) is 6.92 Å². The molecule has 6 heteroatoms. The Morgan fingerprint density at radius 1 is 1.39 bits per heavy atom. The van der Waals surface area contributed by atoms with Gasteiger partial charge < -0.3 is 10.1 Å². The van der Waals surface area contributed by atoms with Gasteiger partial charge in [-0.2, -0.15) is 5.10 Å². The molecule has 0 atom stereocenters. The minimum absolute atomic E-state index is 0.621. The summed E-state index contributed by atoms with van der Waals surface area (Å²) in [5, 5.41) is 7.56. The molecule has 0 bridgehead atoms. The van der Waals surface area contributed by atoms with Crippen LogP contribution in [0.3, 0.4) is 0 Å². The highest BCUT2D eigenvalue weighted by Gasteiger charge is 2.17. The molecule has 2 aromatic rings. The van der Waals surface area contributed by atoms with E-state index in [4.69, 9.17) is 4.74 Å². The van der Waals surface area contributed by atoms with Crippen LogP contribution in [-0.2, 0) is 20.0 Å². The first-order chi connectivity index (χ1) is 8.74. The Morgan fingerprint density at radius 3 is 3.06 bits per heavy atom. The molecular formula is C12H15N5O. The van der Waals surface area contributed by atoms with Gasteiger partial charge in [-0.3, -0.25) is 0 Å². The van der Waals surface area contributed by atoms with E-state index in [1.165, 1.54) is 0 Å². The Morgan fingerprint density at radius 2 is 2.28 bits per heavy atom. The molecule has 6 nitrogen and oxygen atoms in total. The Kier molecular flexibility index (Phi) is 2.71. The van der Waals surface area contributed by atoms with Gasteiger partial charge in [0, 0.05) is 32.6 Å². The molecule has 1 aliphatic rings. The molecule has 18 heavy (non-hydrogen) atoms. The number of nitrogens with one attached hydrogen (secondary N) is 1. The molecular weight excluding hydrogens is 230 g/mol. The zero-order chi connectivity index (χ0) is 12.5. The predicted molar refractivity (Wildman–Crippen MR) is 65.5 cm³/mol. The molecule has 0 spiro atoms. The van der Waals surface area contributed by atoms with Crippen LogP contribution in [0.15, 0.2) is 12.4 Å². The fourth-order valence-corrected chi connectivity index (χ4v) is 2.11. The molecule has 0 saturated heterocycles. The minimum Gasteiger partial charge on any atom is -0.420 e. The Labute approximate surface area is 105 Å². The maximum atomic E-state index is 5.84. The minimum atomic E-state index is 0.621. The summed E-state index contributed by atoms with van der Waals surface area (Å²) in [5.41, 5.74) is 3.04. The van der Waals surface area contributed by atoms with Crippen LogP contribution in [0.2, 0.25) is 0 Å². The number of ether oxygens (including phenoxy) is 1. The summed E-state index contributed by atoms with van der Waals surface area (Å²) < 4.78 is 7.55. The third-order valence-electron chi connectivity index (χ3n) is 3.00. The van der Waals surface area contributed by atoms with Gasteiger partial charge in [-0.25, -0.2) is 14.6 Å². The highest BCUT2D eigenvalue weighted by molar-refractivity contribution is 5.34. The van der Waals surface area contributed by atoms with Crippen molar-refractivity contribution in [2.75, 3.05) is 6.54 Å². The van der Waals surface area contributed by atoms with E-state index in [9.17, 15) is 0 Å². The molecule has 2 aromatic heterocycles. The first-order valence-corrected chi connectivity index (χ1v) is 5.96. The van der Waals surface area contributed by atoms with E-state index in [0.717, 1.165) is 36.5 Å².